The van der Waals surface area contributed by atoms with Gasteiger partial charge in [0.25, 0.3) is 0 Å². The van der Waals surface area contributed by atoms with Crippen LogP contribution < -0.4 is 5.32 Å². The quantitative estimate of drug-likeness (QED) is 0.644. The molecule has 1 fully saturated rings. The lowest BCUT2D eigenvalue weighted by atomic mass is 10.0. The summed E-state index contributed by atoms with van der Waals surface area (Å²) in [4.78, 5) is 0. The molecule has 1 N–H and O–H groups in total. The second-order valence-electron chi connectivity index (χ2n) is 4.64. The Kier molecular flexibility index (Phi) is 4.07. The Balaban J connectivity index is 1.90. The fourth-order valence-corrected chi connectivity index (χ4v) is 1.96. The van der Waals surface area contributed by atoms with Crippen LogP contribution in [-0.4, -0.2) is 13.6 Å². The van der Waals surface area contributed by atoms with Crippen molar-refractivity contribution in [3.05, 3.63) is 0 Å². The molecule has 1 aliphatic rings. The summed E-state index contributed by atoms with van der Waals surface area (Å²) < 4.78 is 0. The van der Waals surface area contributed by atoms with Crippen LogP contribution >= 0.6 is 0 Å². The lowest BCUT2D eigenvalue weighted by molar-refractivity contribution is 0.503. The summed E-state index contributed by atoms with van der Waals surface area (Å²) in [5, 5.41) is 3.26. The summed E-state index contributed by atoms with van der Waals surface area (Å²) in [7, 11) is 2.06. The van der Waals surface area contributed by atoms with Crippen LogP contribution in [-0.2, 0) is 0 Å². The lowest BCUT2D eigenvalue weighted by Gasteiger charge is -2.03. The first-order valence-corrected chi connectivity index (χ1v) is 5.38. The van der Waals surface area contributed by atoms with E-state index in [4.69, 9.17) is 0 Å². The van der Waals surface area contributed by atoms with Gasteiger partial charge in [-0.1, -0.05) is 33.1 Å². The zero-order chi connectivity index (χ0) is 8.97. The molecule has 0 aromatic rings. The van der Waals surface area contributed by atoms with Crippen LogP contribution in [0.15, 0.2) is 0 Å². The molecule has 0 saturated heterocycles. The van der Waals surface area contributed by atoms with Gasteiger partial charge in [0, 0.05) is 0 Å². The van der Waals surface area contributed by atoms with E-state index in [9.17, 15) is 0 Å². The first kappa shape index (κ1) is 10.0. The minimum atomic E-state index is 0.895. The number of hydrogen-bond donors (Lipinski definition) is 1. The average molecular weight is 169 g/mol. The molecule has 0 aromatic carbocycles. The zero-order valence-corrected chi connectivity index (χ0v) is 8.77. The summed E-state index contributed by atoms with van der Waals surface area (Å²) in [5.41, 5.74) is 0. The predicted octanol–water partition coefficient (Wildman–Crippen LogP) is 2.67. The van der Waals surface area contributed by atoms with Gasteiger partial charge in [0.2, 0.25) is 0 Å². The Bertz CT molecular complexity index is 120. The highest BCUT2D eigenvalue weighted by Gasteiger charge is 2.35. The van der Waals surface area contributed by atoms with Crippen molar-refractivity contribution in [2.24, 2.45) is 17.8 Å². The van der Waals surface area contributed by atoms with Gasteiger partial charge in [0.05, 0.1) is 0 Å². The van der Waals surface area contributed by atoms with E-state index in [-0.39, 0.29) is 0 Å². The van der Waals surface area contributed by atoms with Crippen molar-refractivity contribution in [3.8, 4) is 0 Å². The van der Waals surface area contributed by atoms with Crippen LogP contribution in [0.3, 0.4) is 0 Å². The van der Waals surface area contributed by atoms with E-state index in [2.05, 4.69) is 26.2 Å². The molecule has 1 heteroatoms. The first-order chi connectivity index (χ1) is 5.74. The van der Waals surface area contributed by atoms with Gasteiger partial charge < -0.3 is 5.32 Å². The fraction of sp³-hybridized carbons (Fsp3) is 1.00. The maximum Gasteiger partial charge on any atom is -0.00208 e. The Hall–Kier alpha value is -0.0400. The summed E-state index contributed by atoms with van der Waals surface area (Å²) in [6.07, 6.45) is 5.83. The van der Waals surface area contributed by atoms with Crippen molar-refractivity contribution in [2.45, 2.75) is 39.5 Å². The molecule has 0 radical (unpaired) electrons. The first-order valence-electron chi connectivity index (χ1n) is 5.38. The molecular formula is C11H23N. The van der Waals surface area contributed by atoms with Gasteiger partial charge in [-0.05, 0) is 37.8 Å². The van der Waals surface area contributed by atoms with Crippen LogP contribution in [0.5, 0.6) is 0 Å². The predicted molar refractivity (Wildman–Crippen MR) is 54.2 cm³/mol. The van der Waals surface area contributed by atoms with Gasteiger partial charge in [-0.3, -0.25) is 0 Å². The van der Waals surface area contributed by atoms with Crippen molar-refractivity contribution in [1.82, 2.24) is 5.32 Å². The summed E-state index contributed by atoms with van der Waals surface area (Å²) in [6.45, 7) is 5.88. The van der Waals surface area contributed by atoms with E-state index in [1.807, 2.05) is 0 Å². The van der Waals surface area contributed by atoms with E-state index in [0.717, 1.165) is 17.8 Å². The third kappa shape index (κ3) is 3.57. The van der Waals surface area contributed by atoms with Gasteiger partial charge in [0.1, 0.15) is 0 Å². The molecule has 72 valence electrons. The molecule has 0 heterocycles. The third-order valence-corrected chi connectivity index (χ3v) is 2.89. The van der Waals surface area contributed by atoms with Crippen LogP contribution in [0.1, 0.15) is 39.5 Å². The van der Waals surface area contributed by atoms with E-state index >= 15 is 0 Å². The minimum absolute atomic E-state index is 0.895. The molecule has 1 nitrogen and oxygen atoms in total. The SMILES string of the molecule is CNC[C@@H]1C[C@H]1CCCC(C)C. The van der Waals surface area contributed by atoms with Gasteiger partial charge >= 0.3 is 0 Å². The van der Waals surface area contributed by atoms with Gasteiger partial charge in [-0.2, -0.15) is 0 Å². The smallest absolute Gasteiger partial charge is 0.00208 e. The largest absolute Gasteiger partial charge is 0.319 e. The second-order valence-corrected chi connectivity index (χ2v) is 4.64. The van der Waals surface area contributed by atoms with E-state index in [1.165, 1.54) is 32.2 Å². The molecule has 1 rings (SSSR count). The second kappa shape index (κ2) is 4.86. The molecular weight excluding hydrogens is 146 g/mol. The Morgan fingerprint density at radius 3 is 2.67 bits per heavy atom. The lowest BCUT2D eigenvalue weighted by Crippen LogP contribution is -2.10. The van der Waals surface area contributed by atoms with Crippen molar-refractivity contribution >= 4 is 0 Å². The Labute approximate surface area is 76.9 Å². The molecule has 0 bridgehead atoms. The molecule has 1 saturated carbocycles. The topological polar surface area (TPSA) is 12.0 Å². The summed E-state index contributed by atoms with van der Waals surface area (Å²) in [6, 6.07) is 0. The summed E-state index contributed by atoms with van der Waals surface area (Å²) in [5.74, 6) is 2.98. The van der Waals surface area contributed by atoms with Crippen molar-refractivity contribution < 1.29 is 0 Å². The summed E-state index contributed by atoms with van der Waals surface area (Å²) >= 11 is 0. The maximum absolute atomic E-state index is 3.26. The van der Waals surface area contributed by atoms with Crippen molar-refractivity contribution in [1.29, 1.82) is 0 Å². The highest BCUT2D eigenvalue weighted by Crippen LogP contribution is 2.41. The standard InChI is InChI=1S/C11H23N/c1-9(2)5-4-6-10-7-11(10)8-12-3/h9-12H,4-8H2,1-3H3/t10-,11+/m1/s1. The number of nitrogens with one attached hydrogen (secondary N) is 1. The molecule has 0 aromatic heterocycles. The van der Waals surface area contributed by atoms with Gasteiger partial charge in [0.15, 0.2) is 0 Å². The van der Waals surface area contributed by atoms with Crippen LogP contribution in [0.2, 0.25) is 0 Å². The van der Waals surface area contributed by atoms with Crippen molar-refractivity contribution in [3.63, 3.8) is 0 Å². The molecule has 0 unspecified atom stereocenters. The Morgan fingerprint density at radius 1 is 1.33 bits per heavy atom. The van der Waals surface area contributed by atoms with Crippen molar-refractivity contribution in [2.75, 3.05) is 13.6 Å². The van der Waals surface area contributed by atoms with Crippen LogP contribution in [0.4, 0.5) is 0 Å². The molecule has 1 aliphatic carbocycles. The van der Waals surface area contributed by atoms with Crippen LogP contribution in [0, 0.1) is 17.8 Å². The van der Waals surface area contributed by atoms with Crippen LogP contribution in [0.25, 0.3) is 0 Å². The minimum Gasteiger partial charge on any atom is -0.319 e. The van der Waals surface area contributed by atoms with Gasteiger partial charge in [-0.15, -0.1) is 0 Å². The molecule has 0 amide bonds. The monoisotopic (exact) mass is 169 g/mol. The van der Waals surface area contributed by atoms with E-state index < -0.39 is 0 Å². The Morgan fingerprint density at radius 2 is 2.08 bits per heavy atom. The normalized spacial score (nSPS) is 28.0. The van der Waals surface area contributed by atoms with E-state index in [0.29, 0.717) is 0 Å². The number of rotatable bonds is 6. The number of hydrogen-bond acceptors (Lipinski definition) is 1. The highest BCUT2D eigenvalue weighted by molar-refractivity contribution is 4.87. The van der Waals surface area contributed by atoms with Gasteiger partial charge in [-0.25, -0.2) is 0 Å². The molecule has 12 heavy (non-hydrogen) atoms. The molecule has 2 atom stereocenters. The third-order valence-electron chi connectivity index (χ3n) is 2.89. The zero-order valence-electron chi connectivity index (χ0n) is 8.77. The average Bonchev–Trinajstić information content (AvgIpc) is 2.68. The molecule has 0 spiro atoms. The maximum atomic E-state index is 3.26. The molecule has 0 aliphatic heterocycles. The fourth-order valence-electron chi connectivity index (χ4n) is 1.96. The van der Waals surface area contributed by atoms with E-state index in [1.54, 1.807) is 0 Å². The highest BCUT2D eigenvalue weighted by atomic mass is 14.8.